The van der Waals surface area contributed by atoms with Crippen LogP contribution in [0.25, 0.3) is 0 Å². The van der Waals surface area contributed by atoms with Gasteiger partial charge in [0.1, 0.15) is 0 Å². The van der Waals surface area contributed by atoms with Crippen LogP contribution >= 0.6 is 0 Å². The summed E-state index contributed by atoms with van der Waals surface area (Å²) in [4.78, 5) is 0. The van der Waals surface area contributed by atoms with Crippen LogP contribution in [0.3, 0.4) is 0 Å². The van der Waals surface area contributed by atoms with Crippen molar-refractivity contribution in [1.82, 2.24) is 0 Å². The summed E-state index contributed by atoms with van der Waals surface area (Å²) >= 11 is 0. The number of hydrogen-bond donors (Lipinski definition) is 1. The van der Waals surface area contributed by atoms with Gasteiger partial charge >= 0.3 is 0 Å². The molecule has 0 unspecified atom stereocenters. The maximum Gasteiger partial charge on any atom is 0.0417 e. The zero-order valence-corrected chi connectivity index (χ0v) is 15.4. The molecule has 122 valence electrons. The molecule has 0 fully saturated rings. The van der Waals surface area contributed by atoms with Crippen molar-refractivity contribution >= 4 is 11.4 Å². The van der Waals surface area contributed by atoms with Crippen LogP contribution in [0.5, 0.6) is 0 Å². The Balaban J connectivity index is 2.05. The third-order valence-electron chi connectivity index (χ3n) is 5.53. The lowest BCUT2D eigenvalue weighted by molar-refractivity contribution is 0.332. The molecule has 3 rings (SSSR count). The van der Waals surface area contributed by atoms with Crippen molar-refractivity contribution in [3.8, 4) is 0 Å². The van der Waals surface area contributed by atoms with E-state index in [9.17, 15) is 0 Å². The van der Waals surface area contributed by atoms with Gasteiger partial charge in [-0.1, -0.05) is 51.5 Å². The largest absolute Gasteiger partial charge is 0.355 e. The minimum Gasteiger partial charge on any atom is -0.355 e. The molecule has 1 nitrogen and oxygen atoms in total. The summed E-state index contributed by atoms with van der Waals surface area (Å²) < 4.78 is 0. The van der Waals surface area contributed by atoms with Gasteiger partial charge in [0.15, 0.2) is 0 Å². The number of rotatable bonds is 2. The van der Waals surface area contributed by atoms with E-state index >= 15 is 0 Å². The van der Waals surface area contributed by atoms with Crippen LogP contribution in [0.1, 0.15) is 62.8 Å². The van der Waals surface area contributed by atoms with Crippen LogP contribution < -0.4 is 5.32 Å². The molecule has 0 saturated carbocycles. The van der Waals surface area contributed by atoms with Crippen molar-refractivity contribution in [3.05, 3.63) is 58.7 Å². The molecular formula is C22H29N. The molecular weight excluding hydrogens is 278 g/mol. The number of hydrogen-bond acceptors (Lipinski definition) is 1. The fourth-order valence-corrected chi connectivity index (χ4v) is 3.65. The Morgan fingerprint density at radius 1 is 0.783 bits per heavy atom. The molecule has 0 saturated heterocycles. The van der Waals surface area contributed by atoms with E-state index in [0.717, 1.165) is 5.69 Å². The average molecular weight is 307 g/mol. The maximum absolute atomic E-state index is 3.61. The quantitative estimate of drug-likeness (QED) is 0.677. The lowest BCUT2D eigenvalue weighted by atomic mass is 9.63. The molecule has 0 bridgehead atoms. The second kappa shape index (κ2) is 5.40. The highest BCUT2D eigenvalue weighted by molar-refractivity contribution is 5.66. The zero-order valence-electron chi connectivity index (χ0n) is 15.4. The molecule has 1 aliphatic rings. The van der Waals surface area contributed by atoms with Crippen molar-refractivity contribution in [2.24, 2.45) is 0 Å². The molecule has 1 N–H and O–H groups in total. The van der Waals surface area contributed by atoms with Gasteiger partial charge in [0, 0.05) is 11.4 Å². The van der Waals surface area contributed by atoms with Gasteiger partial charge in [0.25, 0.3) is 0 Å². The van der Waals surface area contributed by atoms with E-state index in [0.29, 0.717) is 0 Å². The van der Waals surface area contributed by atoms with Crippen LogP contribution in [0.4, 0.5) is 11.4 Å². The maximum atomic E-state index is 3.61. The summed E-state index contributed by atoms with van der Waals surface area (Å²) in [5.74, 6) is 0. The SMILES string of the molecule is Cc1ccc(Nc2cc3c(cc2C)C(C)(C)CCC3(C)C)cc1. The molecule has 1 heteroatoms. The van der Waals surface area contributed by atoms with Gasteiger partial charge in [-0.15, -0.1) is 0 Å². The third kappa shape index (κ3) is 3.02. The first-order valence-corrected chi connectivity index (χ1v) is 8.68. The molecule has 0 amide bonds. The molecule has 0 atom stereocenters. The Hall–Kier alpha value is -1.76. The minimum atomic E-state index is 0.252. The molecule has 1 aliphatic carbocycles. The van der Waals surface area contributed by atoms with Gasteiger partial charge in [-0.2, -0.15) is 0 Å². The third-order valence-corrected chi connectivity index (χ3v) is 5.53. The van der Waals surface area contributed by atoms with Crippen molar-refractivity contribution in [1.29, 1.82) is 0 Å². The van der Waals surface area contributed by atoms with Gasteiger partial charge in [0.05, 0.1) is 0 Å². The van der Waals surface area contributed by atoms with E-state index < -0.39 is 0 Å². The first-order chi connectivity index (χ1) is 10.7. The van der Waals surface area contributed by atoms with Crippen molar-refractivity contribution in [2.45, 2.75) is 65.2 Å². The van der Waals surface area contributed by atoms with Gasteiger partial charge in [-0.05, 0) is 72.4 Å². The topological polar surface area (TPSA) is 12.0 Å². The number of benzene rings is 2. The standard InChI is InChI=1S/C22H29N/c1-15-7-9-17(10-8-15)23-20-14-19-18(13-16(20)2)21(3,4)11-12-22(19,5)6/h7-10,13-14,23H,11-12H2,1-6H3. The van der Waals surface area contributed by atoms with E-state index in [4.69, 9.17) is 0 Å². The summed E-state index contributed by atoms with van der Waals surface area (Å²) in [6.45, 7) is 13.9. The van der Waals surface area contributed by atoms with Crippen LogP contribution in [0.15, 0.2) is 36.4 Å². The van der Waals surface area contributed by atoms with Crippen LogP contribution in [-0.4, -0.2) is 0 Å². The lowest BCUT2D eigenvalue weighted by Crippen LogP contribution is -2.34. The van der Waals surface area contributed by atoms with E-state index in [1.54, 1.807) is 0 Å². The summed E-state index contributed by atoms with van der Waals surface area (Å²) in [6, 6.07) is 13.4. The summed E-state index contributed by atoms with van der Waals surface area (Å²) in [5.41, 5.74) is 8.58. The number of nitrogens with one attached hydrogen (secondary N) is 1. The molecule has 0 aromatic heterocycles. The van der Waals surface area contributed by atoms with E-state index in [-0.39, 0.29) is 10.8 Å². The Kier molecular flexibility index (Phi) is 3.78. The molecule has 0 heterocycles. The van der Waals surface area contributed by atoms with Gasteiger partial charge < -0.3 is 5.32 Å². The smallest absolute Gasteiger partial charge is 0.0417 e. The van der Waals surface area contributed by atoms with Crippen molar-refractivity contribution in [3.63, 3.8) is 0 Å². The first kappa shape index (κ1) is 16.1. The van der Waals surface area contributed by atoms with E-state index in [1.807, 2.05) is 0 Å². The first-order valence-electron chi connectivity index (χ1n) is 8.68. The average Bonchev–Trinajstić information content (AvgIpc) is 2.48. The molecule has 23 heavy (non-hydrogen) atoms. The van der Waals surface area contributed by atoms with E-state index in [1.165, 1.54) is 40.8 Å². The van der Waals surface area contributed by atoms with Crippen LogP contribution in [-0.2, 0) is 10.8 Å². The highest BCUT2D eigenvalue weighted by Crippen LogP contribution is 2.47. The number of anilines is 2. The lowest BCUT2D eigenvalue weighted by Gasteiger charge is -2.42. The van der Waals surface area contributed by atoms with Gasteiger partial charge in [-0.25, -0.2) is 0 Å². The second-order valence-corrected chi connectivity index (χ2v) is 8.47. The summed E-state index contributed by atoms with van der Waals surface area (Å²) in [6.07, 6.45) is 2.51. The predicted octanol–water partition coefficient (Wildman–Crippen LogP) is 6.40. The zero-order chi connectivity index (χ0) is 16.8. The molecule has 2 aromatic rings. The predicted molar refractivity (Wildman–Crippen MR) is 101 cm³/mol. The van der Waals surface area contributed by atoms with Gasteiger partial charge in [-0.3, -0.25) is 0 Å². The molecule has 0 spiro atoms. The van der Waals surface area contributed by atoms with Crippen LogP contribution in [0, 0.1) is 13.8 Å². The normalized spacial score (nSPS) is 18.3. The minimum absolute atomic E-state index is 0.252. The number of fused-ring (bicyclic) bond motifs is 1. The molecule has 0 radical (unpaired) electrons. The highest BCUT2D eigenvalue weighted by atomic mass is 14.9. The second-order valence-electron chi connectivity index (χ2n) is 8.47. The summed E-state index contributed by atoms with van der Waals surface area (Å²) in [7, 11) is 0. The monoisotopic (exact) mass is 307 g/mol. The Labute approximate surface area is 141 Å². The van der Waals surface area contributed by atoms with Crippen molar-refractivity contribution in [2.75, 3.05) is 5.32 Å². The fourth-order valence-electron chi connectivity index (χ4n) is 3.65. The Morgan fingerprint density at radius 3 is 1.87 bits per heavy atom. The molecule has 2 aromatic carbocycles. The number of aryl methyl sites for hydroxylation is 2. The highest BCUT2D eigenvalue weighted by Gasteiger charge is 2.37. The molecule has 0 aliphatic heterocycles. The Bertz CT molecular complexity index is 720. The van der Waals surface area contributed by atoms with Gasteiger partial charge in [0.2, 0.25) is 0 Å². The fraction of sp³-hybridized carbons (Fsp3) is 0.455. The van der Waals surface area contributed by atoms with E-state index in [2.05, 4.69) is 83.3 Å². The van der Waals surface area contributed by atoms with Crippen molar-refractivity contribution < 1.29 is 0 Å². The van der Waals surface area contributed by atoms with Crippen LogP contribution in [0.2, 0.25) is 0 Å². The Morgan fingerprint density at radius 2 is 1.30 bits per heavy atom. The summed E-state index contributed by atoms with van der Waals surface area (Å²) in [5, 5.41) is 3.61.